The molecule has 2 N–H and O–H groups in total. The Morgan fingerprint density at radius 1 is 1.53 bits per heavy atom. The molecule has 1 unspecified atom stereocenters. The van der Waals surface area contributed by atoms with E-state index in [0.717, 1.165) is 0 Å². The van der Waals surface area contributed by atoms with Crippen molar-refractivity contribution >= 4 is 16.9 Å². The molecule has 1 aromatic carbocycles. The smallest absolute Gasteiger partial charge is 0.192 e. The summed E-state index contributed by atoms with van der Waals surface area (Å²) in [5, 5.41) is 0. The van der Waals surface area contributed by atoms with E-state index >= 15 is 0 Å². The topological polar surface area (TPSA) is 69.1 Å². The first kappa shape index (κ1) is 9.86. The van der Waals surface area contributed by atoms with Crippen LogP contribution in [0.3, 0.4) is 0 Å². The van der Waals surface area contributed by atoms with Crippen molar-refractivity contribution in [2.45, 2.75) is 19.9 Å². The summed E-state index contributed by atoms with van der Waals surface area (Å²) in [5.41, 5.74) is 7.48. The monoisotopic (exact) mass is 204 g/mol. The maximum absolute atomic E-state index is 11.6. The molecule has 1 heterocycles. The van der Waals surface area contributed by atoms with E-state index in [1.807, 2.05) is 0 Å². The number of carbonyl (C=O) groups excluding carboxylic acids is 1. The highest BCUT2D eigenvalue weighted by Gasteiger charge is 2.12. The van der Waals surface area contributed by atoms with Crippen molar-refractivity contribution in [3.63, 3.8) is 0 Å². The number of nitrogens with zero attached hydrogens (tertiary/aromatic N) is 1. The van der Waals surface area contributed by atoms with Crippen molar-refractivity contribution < 1.29 is 9.21 Å². The van der Waals surface area contributed by atoms with E-state index in [4.69, 9.17) is 10.2 Å². The molecule has 2 rings (SSSR count). The summed E-state index contributed by atoms with van der Waals surface area (Å²) in [4.78, 5) is 15.8. The van der Waals surface area contributed by atoms with Crippen LogP contribution in [0.5, 0.6) is 0 Å². The second kappa shape index (κ2) is 3.47. The first-order valence-corrected chi connectivity index (χ1v) is 4.75. The number of Topliss-reactive ketones (excluding diaryl/α,β-unsaturated/α-hetero) is 1. The van der Waals surface area contributed by atoms with Crippen molar-refractivity contribution in [2.24, 2.45) is 5.73 Å². The van der Waals surface area contributed by atoms with Crippen LogP contribution < -0.4 is 5.73 Å². The molecule has 0 saturated heterocycles. The molecule has 4 nitrogen and oxygen atoms in total. The number of carbonyl (C=O) groups is 1. The van der Waals surface area contributed by atoms with Crippen LogP contribution in [-0.4, -0.2) is 16.8 Å². The van der Waals surface area contributed by atoms with Gasteiger partial charge in [-0.25, -0.2) is 4.98 Å². The molecule has 0 aliphatic heterocycles. The molecule has 4 heteroatoms. The fourth-order valence-electron chi connectivity index (χ4n) is 1.46. The van der Waals surface area contributed by atoms with Gasteiger partial charge in [-0.15, -0.1) is 0 Å². The number of fused-ring (bicyclic) bond motifs is 1. The van der Waals surface area contributed by atoms with E-state index in [-0.39, 0.29) is 5.78 Å². The average Bonchev–Trinajstić information content (AvgIpc) is 2.55. The largest absolute Gasteiger partial charge is 0.441 e. The lowest BCUT2D eigenvalue weighted by molar-refractivity contribution is 0.0968. The van der Waals surface area contributed by atoms with E-state index in [2.05, 4.69) is 4.98 Å². The number of rotatable bonds is 2. The van der Waals surface area contributed by atoms with Gasteiger partial charge in [0.2, 0.25) is 0 Å². The highest BCUT2D eigenvalue weighted by Crippen LogP contribution is 2.17. The third kappa shape index (κ3) is 1.76. The summed E-state index contributed by atoms with van der Waals surface area (Å²) in [6.07, 6.45) is 0. The van der Waals surface area contributed by atoms with Gasteiger partial charge in [-0.3, -0.25) is 4.79 Å². The molecule has 0 saturated carbocycles. The maximum Gasteiger partial charge on any atom is 0.192 e. The zero-order valence-corrected chi connectivity index (χ0v) is 8.65. The Morgan fingerprint density at radius 3 is 2.93 bits per heavy atom. The van der Waals surface area contributed by atoms with Crippen LogP contribution in [0, 0.1) is 6.92 Å². The molecular formula is C11H12N2O2. The van der Waals surface area contributed by atoms with Gasteiger partial charge in [0.1, 0.15) is 5.52 Å². The van der Waals surface area contributed by atoms with E-state index in [0.29, 0.717) is 22.6 Å². The number of oxazole rings is 1. The van der Waals surface area contributed by atoms with Crippen molar-refractivity contribution in [2.75, 3.05) is 0 Å². The minimum atomic E-state index is -0.490. The third-order valence-electron chi connectivity index (χ3n) is 2.19. The number of aromatic nitrogens is 1. The Balaban J connectivity index is 2.51. The van der Waals surface area contributed by atoms with E-state index in [1.54, 1.807) is 32.0 Å². The zero-order chi connectivity index (χ0) is 11.0. The van der Waals surface area contributed by atoms with Gasteiger partial charge in [0, 0.05) is 12.5 Å². The molecule has 78 valence electrons. The van der Waals surface area contributed by atoms with Crippen LogP contribution in [0.25, 0.3) is 11.1 Å². The van der Waals surface area contributed by atoms with Gasteiger partial charge in [-0.1, -0.05) is 0 Å². The lowest BCUT2D eigenvalue weighted by atomic mass is 10.1. The zero-order valence-electron chi connectivity index (χ0n) is 8.65. The second-order valence-electron chi connectivity index (χ2n) is 3.57. The van der Waals surface area contributed by atoms with E-state index in [9.17, 15) is 4.79 Å². The standard InChI is InChI=1S/C11H12N2O2/c1-6(12)11(14)8-3-4-10-9(5-8)13-7(2)15-10/h3-6H,12H2,1-2H3. The number of nitrogens with two attached hydrogens (primary N) is 1. The molecule has 15 heavy (non-hydrogen) atoms. The molecule has 0 aliphatic carbocycles. The first-order chi connectivity index (χ1) is 7.08. The van der Waals surface area contributed by atoms with Crippen molar-refractivity contribution in [3.8, 4) is 0 Å². The van der Waals surface area contributed by atoms with Gasteiger partial charge in [-0.2, -0.15) is 0 Å². The lowest BCUT2D eigenvalue weighted by Gasteiger charge is -2.02. The van der Waals surface area contributed by atoms with E-state index < -0.39 is 6.04 Å². The Kier molecular flexibility index (Phi) is 2.28. The van der Waals surface area contributed by atoms with Crippen LogP contribution in [0.15, 0.2) is 22.6 Å². The fourth-order valence-corrected chi connectivity index (χ4v) is 1.46. The number of aryl methyl sites for hydroxylation is 1. The molecule has 2 aromatic rings. The third-order valence-corrected chi connectivity index (χ3v) is 2.19. The number of benzene rings is 1. The number of hydrogen-bond acceptors (Lipinski definition) is 4. The number of hydrogen-bond donors (Lipinski definition) is 1. The minimum Gasteiger partial charge on any atom is -0.441 e. The van der Waals surface area contributed by atoms with Crippen molar-refractivity contribution in [3.05, 3.63) is 29.7 Å². The summed E-state index contributed by atoms with van der Waals surface area (Å²) in [6.45, 7) is 3.44. The predicted octanol–water partition coefficient (Wildman–Crippen LogP) is 1.67. The summed E-state index contributed by atoms with van der Waals surface area (Å²) in [5.74, 6) is 0.507. The minimum absolute atomic E-state index is 0.0856. The predicted molar refractivity (Wildman–Crippen MR) is 56.7 cm³/mol. The van der Waals surface area contributed by atoms with Gasteiger partial charge in [0.05, 0.1) is 6.04 Å². The summed E-state index contributed by atoms with van der Waals surface area (Å²) in [7, 11) is 0. The Labute approximate surface area is 87.1 Å². The number of ketones is 1. The second-order valence-corrected chi connectivity index (χ2v) is 3.57. The summed E-state index contributed by atoms with van der Waals surface area (Å²) in [6, 6.07) is 4.66. The quantitative estimate of drug-likeness (QED) is 0.755. The molecule has 1 aromatic heterocycles. The molecule has 0 bridgehead atoms. The van der Waals surface area contributed by atoms with Crippen molar-refractivity contribution in [1.82, 2.24) is 4.98 Å². The summed E-state index contributed by atoms with van der Waals surface area (Å²) < 4.78 is 5.31. The average molecular weight is 204 g/mol. The molecule has 0 amide bonds. The fraction of sp³-hybridized carbons (Fsp3) is 0.273. The molecule has 0 aliphatic rings. The van der Waals surface area contributed by atoms with Gasteiger partial charge in [0.15, 0.2) is 17.3 Å². The summed E-state index contributed by atoms with van der Waals surface area (Å²) >= 11 is 0. The molecule has 1 atom stereocenters. The Bertz CT molecular complexity index is 514. The lowest BCUT2D eigenvalue weighted by Crippen LogP contribution is -2.26. The van der Waals surface area contributed by atoms with Crippen LogP contribution >= 0.6 is 0 Å². The van der Waals surface area contributed by atoms with Gasteiger partial charge in [-0.05, 0) is 25.1 Å². The van der Waals surface area contributed by atoms with Gasteiger partial charge < -0.3 is 10.2 Å². The molecular weight excluding hydrogens is 192 g/mol. The SMILES string of the molecule is Cc1nc2cc(C(=O)C(C)N)ccc2o1. The highest BCUT2D eigenvalue weighted by atomic mass is 16.3. The van der Waals surface area contributed by atoms with Crippen LogP contribution in [0.1, 0.15) is 23.2 Å². The van der Waals surface area contributed by atoms with Crippen molar-refractivity contribution in [1.29, 1.82) is 0 Å². The van der Waals surface area contributed by atoms with Crippen LogP contribution in [0.2, 0.25) is 0 Å². The molecule has 0 radical (unpaired) electrons. The maximum atomic E-state index is 11.6. The normalized spacial score (nSPS) is 13.0. The van der Waals surface area contributed by atoms with Gasteiger partial charge >= 0.3 is 0 Å². The highest BCUT2D eigenvalue weighted by molar-refractivity contribution is 6.01. The Hall–Kier alpha value is -1.68. The van der Waals surface area contributed by atoms with Crippen LogP contribution in [0.4, 0.5) is 0 Å². The molecule has 0 spiro atoms. The van der Waals surface area contributed by atoms with Gasteiger partial charge in [0.25, 0.3) is 0 Å². The Morgan fingerprint density at radius 2 is 2.27 bits per heavy atom. The first-order valence-electron chi connectivity index (χ1n) is 4.75. The molecule has 0 fully saturated rings. The van der Waals surface area contributed by atoms with E-state index in [1.165, 1.54) is 0 Å². The van der Waals surface area contributed by atoms with Crippen LogP contribution in [-0.2, 0) is 0 Å².